The summed E-state index contributed by atoms with van der Waals surface area (Å²) in [5.41, 5.74) is 0.667. The topological polar surface area (TPSA) is 89.3 Å². The Bertz CT molecular complexity index is 917. The number of aromatic nitrogens is 2. The number of carbonyl (C=O) groups is 1. The molecule has 1 heterocycles. The lowest BCUT2D eigenvalue weighted by molar-refractivity contribution is 0.0734. The summed E-state index contributed by atoms with van der Waals surface area (Å²) in [6.45, 7) is 1.83. The molecule has 128 valence electrons. The van der Waals surface area contributed by atoms with E-state index in [4.69, 9.17) is 0 Å². The van der Waals surface area contributed by atoms with Gasteiger partial charge in [-0.25, -0.2) is 13.1 Å². The molecule has 1 atom stereocenters. The van der Waals surface area contributed by atoms with E-state index in [0.29, 0.717) is 0 Å². The third kappa shape index (κ3) is 3.70. The van der Waals surface area contributed by atoms with Crippen LogP contribution in [0.1, 0.15) is 29.0 Å². The van der Waals surface area contributed by atoms with Crippen molar-refractivity contribution >= 4 is 15.7 Å². The van der Waals surface area contributed by atoms with E-state index in [0.717, 1.165) is 16.5 Å². The molecule has 0 saturated carbocycles. The first kappa shape index (κ1) is 17.9. The lowest BCUT2D eigenvalue weighted by atomic mass is 10.1. The third-order valence-electron chi connectivity index (χ3n) is 3.87. The van der Waals surface area contributed by atoms with Gasteiger partial charge in [0, 0.05) is 26.4 Å². The highest BCUT2D eigenvalue weighted by Gasteiger charge is 2.21. The molecule has 0 spiro atoms. The second kappa shape index (κ2) is 6.56. The van der Waals surface area contributed by atoms with Crippen LogP contribution in [-0.2, 0) is 16.9 Å². The number of carbonyl (C=O) groups excluding carboxylic acids is 1. The summed E-state index contributed by atoms with van der Waals surface area (Å²) in [6, 6.07) is 8.79. The molecule has 1 amide bonds. The summed E-state index contributed by atoms with van der Waals surface area (Å²) in [5.74, 6) is -0.328. The molecule has 0 unspecified atom stereocenters. The minimum Gasteiger partial charge on any atom is -0.334 e. The quantitative estimate of drug-likeness (QED) is 0.822. The number of aryl methyl sites for hydroxylation is 1. The van der Waals surface area contributed by atoms with Crippen LogP contribution in [0, 0.1) is 0 Å². The first-order valence-corrected chi connectivity index (χ1v) is 9.12. The summed E-state index contributed by atoms with van der Waals surface area (Å²) < 4.78 is 24.1. The Labute approximate surface area is 140 Å². The predicted octanol–water partition coefficient (Wildman–Crippen LogP) is 1.02. The number of benzene rings is 1. The summed E-state index contributed by atoms with van der Waals surface area (Å²) in [7, 11) is -0.149. The number of hydrogen-bond acceptors (Lipinski definition) is 5. The Morgan fingerprint density at radius 1 is 1.17 bits per heavy atom. The van der Waals surface area contributed by atoms with Gasteiger partial charge in [-0.3, -0.25) is 9.59 Å². The Hall–Kier alpha value is -2.48. The van der Waals surface area contributed by atoms with Gasteiger partial charge in [0.15, 0.2) is 9.84 Å². The van der Waals surface area contributed by atoms with E-state index in [1.165, 1.54) is 36.2 Å². The van der Waals surface area contributed by atoms with Gasteiger partial charge < -0.3 is 4.90 Å². The number of sulfone groups is 1. The zero-order valence-electron chi connectivity index (χ0n) is 13.9. The second-order valence-electron chi connectivity index (χ2n) is 5.61. The van der Waals surface area contributed by atoms with Crippen molar-refractivity contribution in [3.8, 4) is 0 Å². The fourth-order valence-corrected chi connectivity index (χ4v) is 2.82. The van der Waals surface area contributed by atoms with Crippen LogP contribution in [0.2, 0.25) is 0 Å². The number of rotatable bonds is 4. The monoisotopic (exact) mass is 349 g/mol. The van der Waals surface area contributed by atoms with Gasteiger partial charge in [0.05, 0.1) is 10.9 Å². The molecule has 0 aliphatic heterocycles. The smallest absolute Gasteiger partial charge is 0.274 e. The van der Waals surface area contributed by atoms with Gasteiger partial charge in [-0.15, -0.1) is 0 Å². The molecule has 0 bridgehead atoms. The van der Waals surface area contributed by atoms with Gasteiger partial charge in [-0.2, -0.15) is 5.10 Å². The van der Waals surface area contributed by atoms with E-state index in [1.807, 2.05) is 6.92 Å². The summed E-state index contributed by atoms with van der Waals surface area (Å²) >= 11 is 0. The summed E-state index contributed by atoms with van der Waals surface area (Å²) in [6.07, 6.45) is 1.15. The van der Waals surface area contributed by atoms with Crippen LogP contribution in [0.3, 0.4) is 0 Å². The van der Waals surface area contributed by atoms with E-state index < -0.39 is 9.84 Å². The molecule has 0 saturated heterocycles. The van der Waals surface area contributed by atoms with Crippen LogP contribution in [0.5, 0.6) is 0 Å². The number of amides is 1. The SMILES string of the molecule is C[C@@H](c1ccc(S(C)(=O)=O)cc1)N(C)C(=O)c1ccc(=O)n(C)n1. The fourth-order valence-electron chi connectivity index (χ4n) is 2.19. The first-order chi connectivity index (χ1) is 11.1. The highest BCUT2D eigenvalue weighted by molar-refractivity contribution is 7.90. The lowest BCUT2D eigenvalue weighted by Crippen LogP contribution is -2.32. The largest absolute Gasteiger partial charge is 0.334 e. The molecule has 1 aromatic heterocycles. The molecule has 1 aromatic carbocycles. The average Bonchev–Trinajstić information content (AvgIpc) is 2.54. The standard InChI is InChI=1S/C16H19N3O4S/c1-11(12-5-7-13(8-6-12)24(4,22)23)18(2)16(21)14-9-10-15(20)19(3)17-14/h5-11H,1-4H3/t11-/m0/s1. The van der Waals surface area contributed by atoms with Crippen molar-refractivity contribution in [2.45, 2.75) is 17.9 Å². The average molecular weight is 349 g/mol. The Kier molecular flexibility index (Phi) is 4.88. The zero-order chi connectivity index (χ0) is 18.1. The van der Waals surface area contributed by atoms with Gasteiger partial charge in [0.2, 0.25) is 0 Å². The lowest BCUT2D eigenvalue weighted by Gasteiger charge is -2.25. The van der Waals surface area contributed by atoms with Crippen LogP contribution in [0.25, 0.3) is 0 Å². The molecule has 24 heavy (non-hydrogen) atoms. The molecule has 2 aromatic rings. The fraction of sp³-hybridized carbons (Fsp3) is 0.312. The number of nitrogens with zero attached hydrogens (tertiary/aromatic N) is 3. The molecule has 0 N–H and O–H groups in total. The van der Waals surface area contributed by atoms with Crippen molar-refractivity contribution in [2.24, 2.45) is 7.05 Å². The molecule has 0 fully saturated rings. The van der Waals surface area contributed by atoms with Crippen molar-refractivity contribution in [3.63, 3.8) is 0 Å². The van der Waals surface area contributed by atoms with Gasteiger partial charge >= 0.3 is 0 Å². The maximum Gasteiger partial charge on any atom is 0.274 e. The van der Waals surface area contributed by atoms with Crippen LogP contribution < -0.4 is 5.56 Å². The van der Waals surface area contributed by atoms with Crippen LogP contribution in [0.15, 0.2) is 46.1 Å². The van der Waals surface area contributed by atoms with Gasteiger partial charge in [-0.1, -0.05) is 12.1 Å². The molecule has 8 heteroatoms. The highest BCUT2D eigenvalue weighted by Crippen LogP contribution is 2.21. The molecular formula is C16H19N3O4S. The first-order valence-electron chi connectivity index (χ1n) is 7.23. The van der Waals surface area contributed by atoms with E-state index in [-0.39, 0.29) is 28.1 Å². The minimum atomic E-state index is -3.26. The molecule has 0 aliphatic carbocycles. The van der Waals surface area contributed by atoms with E-state index in [2.05, 4.69) is 5.10 Å². The van der Waals surface area contributed by atoms with E-state index >= 15 is 0 Å². The van der Waals surface area contributed by atoms with E-state index in [9.17, 15) is 18.0 Å². The Morgan fingerprint density at radius 2 is 1.75 bits per heavy atom. The minimum absolute atomic E-state index is 0.166. The van der Waals surface area contributed by atoms with Crippen LogP contribution in [-0.4, -0.2) is 42.3 Å². The normalized spacial score (nSPS) is 12.7. The van der Waals surface area contributed by atoms with Crippen molar-refractivity contribution in [3.05, 3.63) is 58.0 Å². The van der Waals surface area contributed by atoms with Crippen molar-refractivity contribution < 1.29 is 13.2 Å². The molecule has 7 nitrogen and oxygen atoms in total. The van der Waals surface area contributed by atoms with E-state index in [1.54, 1.807) is 19.2 Å². The maximum atomic E-state index is 12.5. The molecular weight excluding hydrogens is 330 g/mol. The van der Waals surface area contributed by atoms with Gasteiger partial charge in [-0.05, 0) is 30.7 Å². The predicted molar refractivity (Wildman–Crippen MR) is 89.5 cm³/mol. The zero-order valence-corrected chi connectivity index (χ0v) is 14.7. The van der Waals surface area contributed by atoms with Gasteiger partial charge in [0.25, 0.3) is 11.5 Å². The highest BCUT2D eigenvalue weighted by atomic mass is 32.2. The second-order valence-corrected chi connectivity index (χ2v) is 7.63. The third-order valence-corrected chi connectivity index (χ3v) is 5.00. The van der Waals surface area contributed by atoms with Crippen molar-refractivity contribution in [2.75, 3.05) is 13.3 Å². The van der Waals surface area contributed by atoms with Crippen LogP contribution in [0.4, 0.5) is 0 Å². The van der Waals surface area contributed by atoms with Gasteiger partial charge in [0.1, 0.15) is 5.69 Å². The Balaban J connectivity index is 2.25. The maximum absolute atomic E-state index is 12.5. The molecule has 0 aliphatic rings. The molecule has 2 rings (SSSR count). The Morgan fingerprint density at radius 3 is 2.25 bits per heavy atom. The van der Waals surface area contributed by atoms with Crippen molar-refractivity contribution in [1.82, 2.24) is 14.7 Å². The summed E-state index contributed by atoms with van der Waals surface area (Å²) in [5, 5.41) is 3.95. The summed E-state index contributed by atoms with van der Waals surface area (Å²) in [4.78, 5) is 25.6. The molecule has 0 radical (unpaired) electrons. The van der Waals surface area contributed by atoms with Crippen molar-refractivity contribution in [1.29, 1.82) is 0 Å². The number of hydrogen-bond donors (Lipinski definition) is 0. The van der Waals surface area contributed by atoms with Crippen LogP contribution >= 0.6 is 0 Å².